The van der Waals surface area contributed by atoms with Crippen LogP contribution in [0, 0.1) is 0 Å². The van der Waals surface area contributed by atoms with Gasteiger partial charge in [-0.2, -0.15) is 0 Å². The fraction of sp³-hybridized carbons (Fsp3) is 0.500. The van der Waals surface area contributed by atoms with E-state index in [0.717, 1.165) is 17.1 Å². The second-order valence-corrected chi connectivity index (χ2v) is 4.99. The second kappa shape index (κ2) is 5.10. The first-order chi connectivity index (χ1) is 7.29. The van der Waals surface area contributed by atoms with Crippen molar-refractivity contribution in [2.45, 2.75) is 24.9 Å². The number of rotatable bonds is 5. The van der Waals surface area contributed by atoms with E-state index in [9.17, 15) is 0 Å². The lowest BCUT2D eigenvalue weighted by Crippen LogP contribution is -2.30. The van der Waals surface area contributed by atoms with Gasteiger partial charge in [-0.1, -0.05) is 28.1 Å². The predicted molar refractivity (Wildman–Crippen MR) is 67.0 cm³/mol. The van der Waals surface area contributed by atoms with Crippen molar-refractivity contribution in [3.63, 3.8) is 0 Å². The summed E-state index contributed by atoms with van der Waals surface area (Å²) in [5.41, 5.74) is 1.33. The van der Waals surface area contributed by atoms with Crippen LogP contribution in [-0.2, 0) is 0 Å². The maximum Gasteiger partial charge on any atom is 0.0444 e. The molecule has 1 fully saturated rings. The summed E-state index contributed by atoms with van der Waals surface area (Å²) in [6, 6.07) is 9.66. The average molecular weight is 269 g/mol. The van der Waals surface area contributed by atoms with Crippen molar-refractivity contribution in [1.82, 2.24) is 10.6 Å². The van der Waals surface area contributed by atoms with Gasteiger partial charge < -0.3 is 10.6 Å². The molecule has 15 heavy (non-hydrogen) atoms. The van der Waals surface area contributed by atoms with Crippen molar-refractivity contribution in [3.05, 3.63) is 34.3 Å². The summed E-state index contributed by atoms with van der Waals surface area (Å²) < 4.78 is 1.15. The molecule has 1 aliphatic rings. The molecule has 0 radical (unpaired) electrons. The predicted octanol–water partition coefficient (Wildman–Crippen LogP) is 2.46. The fourth-order valence-electron chi connectivity index (χ4n) is 1.68. The monoisotopic (exact) mass is 268 g/mol. The van der Waals surface area contributed by atoms with Crippen molar-refractivity contribution in [2.75, 3.05) is 13.6 Å². The summed E-state index contributed by atoms with van der Waals surface area (Å²) in [4.78, 5) is 0. The van der Waals surface area contributed by atoms with Crippen molar-refractivity contribution in [1.29, 1.82) is 0 Å². The zero-order chi connectivity index (χ0) is 10.7. The number of benzene rings is 1. The maximum absolute atomic E-state index is 3.55. The lowest BCUT2D eigenvalue weighted by atomic mass is 10.1. The summed E-state index contributed by atoms with van der Waals surface area (Å²) in [5, 5.41) is 6.89. The van der Waals surface area contributed by atoms with Crippen LogP contribution in [0.5, 0.6) is 0 Å². The highest BCUT2D eigenvalue weighted by Gasteiger charge is 2.21. The van der Waals surface area contributed by atoms with E-state index in [1.165, 1.54) is 18.4 Å². The van der Waals surface area contributed by atoms with E-state index in [1.54, 1.807) is 0 Å². The molecule has 1 aromatic carbocycles. The highest BCUT2D eigenvalue weighted by molar-refractivity contribution is 9.10. The fourth-order valence-corrected chi connectivity index (χ4v) is 2.10. The molecule has 1 atom stereocenters. The number of hydrogen-bond acceptors (Lipinski definition) is 2. The Bertz CT molecular complexity index is 323. The van der Waals surface area contributed by atoms with Gasteiger partial charge in [-0.05, 0) is 37.6 Å². The molecule has 1 unspecified atom stereocenters. The van der Waals surface area contributed by atoms with Gasteiger partial charge in [0.15, 0.2) is 0 Å². The van der Waals surface area contributed by atoms with Crippen molar-refractivity contribution < 1.29 is 0 Å². The van der Waals surface area contributed by atoms with Crippen LogP contribution >= 0.6 is 15.9 Å². The van der Waals surface area contributed by atoms with Gasteiger partial charge in [-0.15, -0.1) is 0 Å². The van der Waals surface area contributed by atoms with Crippen LogP contribution in [0.2, 0.25) is 0 Å². The number of halogens is 1. The summed E-state index contributed by atoms with van der Waals surface area (Å²) in [7, 11) is 2.01. The average Bonchev–Trinajstić information content (AvgIpc) is 3.03. The van der Waals surface area contributed by atoms with Gasteiger partial charge in [0.1, 0.15) is 0 Å². The Morgan fingerprint density at radius 1 is 1.47 bits per heavy atom. The molecule has 0 spiro atoms. The standard InChI is InChI=1S/C12H17BrN2/c1-14-12(8-15-11-5-6-11)9-3-2-4-10(13)7-9/h2-4,7,11-12,14-15H,5-6,8H2,1H3. The van der Waals surface area contributed by atoms with E-state index in [-0.39, 0.29) is 0 Å². The number of nitrogens with one attached hydrogen (secondary N) is 2. The van der Waals surface area contributed by atoms with Gasteiger partial charge in [0.05, 0.1) is 0 Å². The van der Waals surface area contributed by atoms with E-state index in [1.807, 2.05) is 7.05 Å². The van der Waals surface area contributed by atoms with E-state index >= 15 is 0 Å². The normalized spacial score (nSPS) is 17.7. The van der Waals surface area contributed by atoms with Crippen LogP contribution < -0.4 is 10.6 Å². The van der Waals surface area contributed by atoms with Crippen LogP contribution in [0.4, 0.5) is 0 Å². The van der Waals surface area contributed by atoms with Crippen LogP contribution in [0.25, 0.3) is 0 Å². The summed E-state index contributed by atoms with van der Waals surface area (Å²) in [6.45, 7) is 1.01. The van der Waals surface area contributed by atoms with Crippen molar-refractivity contribution in [3.8, 4) is 0 Å². The second-order valence-electron chi connectivity index (χ2n) is 4.08. The summed E-state index contributed by atoms with van der Waals surface area (Å²) >= 11 is 3.50. The SMILES string of the molecule is CNC(CNC1CC1)c1cccc(Br)c1. The number of hydrogen-bond donors (Lipinski definition) is 2. The minimum atomic E-state index is 0.406. The van der Waals surface area contributed by atoms with E-state index < -0.39 is 0 Å². The van der Waals surface area contributed by atoms with Crippen LogP contribution in [-0.4, -0.2) is 19.6 Å². The van der Waals surface area contributed by atoms with E-state index in [0.29, 0.717) is 6.04 Å². The molecule has 0 saturated heterocycles. The molecule has 3 heteroatoms. The molecule has 82 valence electrons. The number of likely N-dealkylation sites (N-methyl/N-ethyl adjacent to an activating group) is 1. The summed E-state index contributed by atoms with van der Waals surface area (Å²) in [6.07, 6.45) is 2.68. The molecule has 0 aliphatic heterocycles. The Morgan fingerprint density at radius 3 is 2.87 bits per heavy atom. The maximum atomic E-state index is 3.55. The summed E-state index contributed by atoms with van der Waals surface area (Å²) in [5.74, 6) is 0. The lowest BCUT2D eigenvalue weighted by Gasteiger charge is -2.17. The zero-order valence-electron chi connectivity index (χ0n) is 8.96. The van der Waals surface area contributed by atoms with Crippen molar-refractivity contribution in [2.24, 2.45) is 0 Å². The Morgan fingerprint density at radius 2 is 2.27 bits per heavy atom. The largest absolute Gasteiger partial charge is 0.312 e. The Hall–Kier alpha value is -0.380. The minimum absolute atomic E-state index is 0.406. The third kappa shape index (κ3) is 3.30. The highest BCUT2D eigenvalue weighted by atomic mass is 79.9. The van der Waals surface area contributed by atoms with Crippen molar-refractivity contribution >= 4 is 15.9 Å². The molecular formula is C12H17BrN2. The molecule has 1 aromatic rings. The van der Waals surface area contributed by atoms with Gasteiger partial charge in [-0.25, -0.2) is 0 Å². The molecular weight excluding hydrogens is 252 g/mol. The molecule has 2 rings (SSSR count). The molecule has 1 saturated carbocycles. The van der Waals surface area contributed by atoms with Gasteiger partial charge in [-0.3, -0.25) is 0 Å². The lowest BCUT2D eigenvalue weighted by molar-refractivity contribution is 0.526. The molecule has 2 nitrogen and oxygen atoms in total. The molecule has 0 heterocycles. The molecule has 0 aromatic heterocycles. The Kier molecular flexibility index (Phi) is 3.78. The van der Waals surface area contributed by atoms with Crippen LogP contribution in [0.15, 0.2) is 28.7 Å². The van der Waals surface area contributed by atoms with E-state index in [4.69, 9.17) is 0 Å². The van der Waals surface area contributed by atoms with Gasteiger partial charge in [0.2, 0.25) is 0 Å². The Balaban J connectivity index is 1.97. The van der Waals surface area contributed by atoms with Gasteiger partial charge >= 0.3 is 0 Å². The van der Waals surface area contributed by atoms with Crippen LogP contribution in [0.3, 0.4) is 0 Å². The molecule has 0 bridgehead atoms. The third-order valence-electron chi connectivity index (χ3n) is 2.79. The highest BCUT2D eigenvalue weighted by Crippen LogP contribution is 2.21. The molecule has 2 N–H and O–H groups in total. The third-order valence-corrected chi connectivity index (χ3v) is 3.28. The van der Waals surface area contributed by atoms with Gasteiger partial charge in [0.25, 0.3) is 0 Å². The minimum Gasteiger partial charge on any atom is -0.312 e. The first kappa shape index (κ1) is 11.1. The smallest absolute Gasteiger partial charge is 0.0444 e. The molecule has 0 amide bonds. The first-order valence-corrected chi connectivity index (χ1v) is 6.25. The zero-order valence-corrected chi connectivity index (χ0v) is 10.5. The first-order valence-electron chi connectivity index (χ1n) is 5.45. The quantitative estimate of drug-likeness (QED) is 0.858. The topological polar surface area (TPSA) is 24.1 Å². The Labute approximate surface area is 99.6 Å². The van der Waals surface area contributed by atoms with Gasteiger partial charge in [0, 0.05) is 23.1 Å². The molecule has 1 aliphatic carbocycles. The van der Waals surface area contributed by atoms with Crippen LogP contribution in [0.1, 0.15) is 24.4 Å². The van der Waals surface area contributed by atoms with E-state index in [2.05, 4.69) is 50.8 Å².